The monoisotopic (exact) mass is 801 g/mol. The summed E-state index contributed by atoms with van der Waals surface area (Å²) in [5.74, 6) is 11.1. The molecule has 9 nitrogen and oxygen atoms in total. The molecule has 0 saturated carbocycles. The molecule has 9 heteroatoms. The number of allylic oxidation sites excluding steroid dienone is 5. The van der Waals surface area contributed by atoms with Crippen LogP contribution in [0.25, 0.3) is 0 Å². The molecular weight excluding hydrogens is 751 g/mol. The molecule has 0 aromatic heterocycles. The highest BCUT2D eigenvalue weighted by Crippen LogP contribution is 2.40. The van der Waals surface area contributed by atoms with E-state index in [0.29, 0.717) is 30.1 Å². The van der Waals surface area contributed by atoms with E-state index in [1.165, 1.54) is 0 Å². The van der Waals surface area contributed by atoms with Crippen LogP contribution in [-0.4, -0.2) is 45.3 Å². The van der Waals surface area contributed by atoms with Gasteiger partial charge in [-0.15, -0.1) is 12.8 Å². The third-order valence-electron chi connectivity index (χ3n) is 11.1. The Labute approximate surface area is 353 Å². The number of terminal acetylenes is 2. The maximum Gasteiger partial charge on any atom is 0.235 e. The number of nitrogens with one attached hydrogen (secondary N) is 2. The lowest BCUT2D eigenvalue weighted by Crippen LogP contribution is -2.43. The number of anilines is 1. The Morgan fingerprint density at radius 2 is 1.40 bits per heavy atom. The number of benzene rings is 3. The summed E-state index contributed by atoms with van der Waals surface area (Å²) in [7, 11) is 4.90. The molecule has 4 aliphatic carbocycles. The van der Waals surface area contributed by atoms with E-state index in [1.807, 2.05) is 103 Å². The Kier molecular flexibility index (Phi) is 13.4. The van der Waals surface area contributed by atoms with Crippen LogP contribution in [0, 0.1) is 24.7 Å². The molecule has 306 valence electrons. The zero-order valence-corrected chi connectivity index (χ0v) is 34.2. The third-order valence-corrected chi connectivity index (χ3v) is 11.1. The van der Waals surface area contributed by atoms with Crippen LogP contribution in [0.15, 0.2) is 168 Å². The molecule has 3 aromatic rings. The molecule has 0 spiro atoms. The van der Waals surface area contributed by atoms with Crippen molar-refractivity contribution in [3.05, 3.63) is 179 Å². The van der Waals surface area contributed by atoms with Gasteiger partial charge in [-0.25, -0.2) is 5.90 Å². The van der Waals surface area contributed by atoms with Crippen LogP contribution in [-0.2, 0) is 24.8 Å². The van der Waals surface area contributed by atoms with Crippen LogP contribution in [0.2, 0.25) is 0 Å². The highest BCUT2D eigenvalue weighted by Gasteiger charge is 2.40. The summed E-state index contributed by atoms with van der Waals surface area (Å²) >= 11 is 0. The van der Waals surface area contributed by atoms with Crippen molar-refractivity contribution in [2.75, 3.05) is 26.6 Å². The SMILES string of the molecule is C#CC1=CC(NC2=CC=C(C(OC)(ON)C3=CCC(Oc4ccc(Oc5ccc(C(OC)(OC)C6=CCC(Nc7cccc(C#C)c7)C=C6)cc5)cc4)C=C3)CC2)CC=C1. The number of rotatable bonds is 16. The molecule has 0 fully saturated rings. The smallest absolute Gasteiger partial charge is 0.235 e. The minimum Gasteiger partial charge on any atom is -0.486 e. The largest absolute Gasteiger partial charge is 0.486 e. The lowest BCUT2D eigenvalue weighted by atomic mass is 9.87. The third kappa shape index (κ3) is 9.28. The summed E-state index contributed by atoms with van der Waals surface area (Å²) in [6, 6.07) is 23.4. The lowest BCUT2D eigenvalue weighted by molar-refractivity contribution is -0.184. The fraction of sp³-hybridized carbons (Fsp3) is 0.255. The van der Waals surface area contributed by atoms with E-state index in [2.05, 4.69) is 58.9 Å². The topological polar surface area (TPSA) is 105 Å². The van der Waals surface area contributed by atoms with Crippen molar-refractivity contribution in [2.24, 2.45) is 5.90 Å². The van der Waals surface area contributed by atoms with E-state index in [-0.39, 0.29) is 18.2 Å². The van der Waals surface area contributed by atoms with Gasteiger partial charge in [0.2, 0.25) is 11.6 Å². The predicted molar refractivity (Wildman–Crippen MR) is 237 cm³/mol. The molecule has 4 N–H and O–H groups in total. The van der Waals surface area contributed by atoms with Crippen LogP contribution in [0.4, 0.5) is 5.69 Å². The van der Waals surface area contributed by atoms with Crippen LogP contribution >= 0.6 is 0 Å². The highest BCUT2D eigenvalue weighted by molar-refractivity contribution is 5.52. The van der Waals surface area contributed by atoms with Gasteiger partial charge in [0.1, 0.15) is 23.4 Å². The van der Waals surface area contributed by atoms with Gasteiger partial charge in [0, 0.05) is 79.1 Å². The van der Waals surface area contributed by atoms with E-state index in [9.17, 15) is 0 Å². The first-order valence-electron chi connectivity index (χ1n) is 20.0. The maximum absolute atomic E-state index is 6.31. The number of ether oxygens (including phenoxy) is 5. The van der Waals surface area contributed by atoms with E-state index in [1.54, 1.807) is 21.3 Å². The summed E-state index contributed by atoms with van der Waals surface area (Å²) in [4.78, 5) is 5.60. The Bertz CT molecular complexity index is 2340. The molecule has 4 unspecified atom stereocenters. The maximum atomic E-state index is 6.31. The number of hydrogen-bond acceptors (Lipinski definition) is 9. The van der Waals surface area contributed by atoms with Crippen molar-refractivity contribution in [3.8, 4) is 41.9 Å². The Morgan fingerprint density at radius 3 is 2.02 bits per heavy atom. The van der Waals surface area contributed by atoms with Crippen LogP contribution < -0.4 is 26.0 Å². The fourth-order valence-corrected chi connectivity index (χ4v) is 7.95. The summed E-state index contributed by atoms with van der Waals surface area (Å²) in [6.07, 6.45) is 37.3. The van der Waals surface area contributed by atoms with Gasteiger partial charge in [-0.05, 0) is 116 Å². The molecule has 4 atom stereocenters. The molecule has 3 aromatic carbocycles. The normalized spacial score (nSPS) is 20.8. The van der Waals surface area contributed by atoms with Crippen LogP contribution in [0.1, 0.15) is 43.2 Å². The number of hydrogen-bond donors (Lipinski definition) is 3. The Hall–Kier alpha value is -6.30. The molecular formula is C51H51N3O6. The van der Waals surface area contributed by atoms with Crippen molar-refractivity contribution < 1.29 is 28.5 Å². The first-order chi connectivity index (χ1) is 29.3. The second kappa shape index (κ2) is 19.2. The van der Waals surface area contributed by atoms with E-state index < -0.39 is 11.6 Å². The summed E-state index contributed by atoms with van der Waals surface area (Å²) in [5, 5.41) is 7.12. The zero-order valence-electron chi connectivity index (χ0n) is 34.2. The molecule has 0 aliphatic heterocycles. The molecule has 0 heterocycles. The molecule has 60 heavy (non-hydrogen) atoms. The molecule has 7 rings (SSSR count). The standard InChI is InChI=1S/C51H51N3O6/c1-6-36-10-8-12-44(34-36)53-42-22-14-38(15-23-42)50(55-3,56-4)39-18-26-46(27-19-39)58-48-30-32-49(33-31-48)59-47-28-20-41(21-29-47)51(57-5,60-52)40-16-24-43(25-17-40)54-45-13-9-11-37(7-2)35-45/h1-2,8-12,14-16,18-22,24,26-28,30-35,42,45,47,53-54H,13,17,23,25,29,52H2,3-5H3. The molecule has 0 bridgehead atoms. The molecule has 0 radical (unpaired) electrons. The van der Waals surface area contributed by atoms with Crippen LogP contribution in [0.3, 0.4) is 0 Å². The predicted octanol–water partition coefficient (Wildman–Crippen LogP) is 9.22. The average Bonchev–Trinajstić information content (AvgIpc) is 3.30. The van der Waals surface area contributed by atoms with Gasteiger partial charge in [0.25, 0.3) is 0 Å². The Balaban J connectivity index is 0.929. The first-order valence-corrected chi connectivity index (χ1v) is 20.0. The van der Waals surface area contributed by atoms with Crippen molar-refractivity contribution >= 4 is 5.69 Å². The second-order valence-corrected chi connectivity index (χ2v) is 14.7. The van der Waals surface area contributed by atoms with Gasteiger partial charge >= 0.3 is 0 Å². The van der Waals surface area contributed by atoms with Crippen molar-refractivity contribution in [1.82, 2.24) is 5.32 Å². The van der Waals surface area contributed by atoms with Gasteiger partial charge in [-0.2, -0.15) is 0 Å². The number of nitrogens with two attached hydrogens (primary N) is 1. The lowest BCUT2D eigenvalue weighted by Gasteiger charge is -2.36. The zero-order chi connectivity index (χ0) is 42.0. The number of methoxy groups -OCH3 is 3. The summed E-state index contributed by atoms with van der Waals surface area (Å²) < 4.78 is 30.6. The van der Waals surface area contributed by atoms with Gasteiger partial charge in [-0.1, -0.05) is 66.5 Å². The quantitative estimate of drug-likeness (QED) is 0.0743. The minimum atomic E-state index is -1.21. The molecule has 0 amide bonds. The van der Waals surface area contributed by atoms with Gasteiger partial charge < -0.3 is 34.3 Å². The van der Waals surface area contributed by atoms with Crippen molar-refractivity contribution in [2.45, 2.75) is 61.9 Å². The summed E-state index contributed by atoms with van der Waals surface area (Å²) in [6.45, 7) is 0. The highest BCUT2D eigenvalue weighted by atomic mass is 16.8. The fourth-order valence-electron chi connectivity index (χ4n) is 7.95. The Morgan fingerprint density at radius 1 is 0.700 bits per heavy atom. The van der Waals surface area contributed by atoms with Gasteiger partial charge in [-0.3, -0.25) is 4.84 Å². The van der Waals surface area contributed by atoms with E-state index >= 15 is 0 Å². The van der Waals surface area contributed by atoms with Crippen molar-refractivity contribution in [3.63, 3.8) is 0 Å². The van der Waals surface area contributed by atoms with Gasteiger partial charge in [0.15, 0.2) is 0 Å². The van der Waals surface area contributed by atoms with Crippen molar-refractivity contribution in [1.29, 1.82) is 0 Å². The average molecular weight is 802 g/mol. The van der Waals surface area contributed by atoms with Crippen LogP contribution in [0.5, 0.6) is 17.2 Å². The second-order valence-electron chi connectivity index (χ2n) is 14.7. The molecule has 4 aliphatic rings. The molecule has 0 saturated heterocycles. The van der Waals surface area contributed by atoms with Gasteiger partial charge in [0.05, 0.1) is 0 Å². The van der Waals surface area contributed by atoms with E-state index in [4.69, 9.17) is 47.3 Å². The van der Waals surface area contributed by atoms with E-state index in [0.717, 1.165) is 64.1 Å². The first kappa shape index (κ1) is 41.8. The minimum absolute atomic E-state index is 0.102. The summed E-state index contributed by atoms with van der Waals surface area (Å²) in [5.41, 5.74) is 7.33.